The number of carbonyl (C=O) groups is 2. The van der Waals surface area contributed by atoms with Crippen molar-refractivity contribution in [3.8, 4) is 0 Å². The smallest absolute Gasteiger partial charge is 0.410 e. The summed E-state index contributed by atoms with van der Waals surface area (Å²) in [6, 6.07) is 20.7. The van der Waals surface area contributed by atoms with Gasteiger partial charge in [0.05, 0.1) is 0 Å². The number of nitrogens with zero attached hydrogens (tertiary/aromatic N) is 1. The number of likely N-dealkylation sites (tertiary alicyclic amines) is 1. The van der Waals surface area contributed by atoms with Crippen LogP contribution in [0.5, 0.6) is 0 Å². The zero-order valence-corrected chi connectivity index (χ0v) is 21.6. The van der Waals surface area contributed by atoms with Crippen LogP contribution in [0.4, 0.5) is 9.59 Å². The molecule has 6 nitrogen and oxygen atoms in total. The van der Waals surface area contributed by atoms with E-state index in [0.29, 0.717) is 19.5 Å². The van der Waals surface area contributed by atoms with Crippen molar-refractivity contribution in [3.05, 3.63) is 84.4 Å². The second-order valence-electron chi connectivity index (χ2n) is 9.64. The molecule has 35 heavy (non-hydrogen) atoms. The number of amides is 1. The molecule has 2 aromatic carbocycles. The van der Waals surface area contributed by atoms with Crippen molar-refractivity contribution in [1.82, 2.24) is 10.2 Å². The molecule has 1 heterocycles. The molecule has 0 spiro atoms. The molecule has 1 amide bonds. The molecule has 2 atom stereocenters. The Hall–Kier alpha value is -2.77. The molecule has 3 rings (SSSR count). The van der Waals surface area contributed by atoms with Crippen LogP contribution in [0, 0.1) is 0 Å². The third-order valence-corrected chi connectivity index (χ3v) is 6.67. The van der Waals surface area contributed by atoms with Gasteiger partial charge in [0.25, 0.3) is 0 Å². The minimum Gasteiger partial charge on any atom is -0.452 e. The monoisotopic (exact) mass is 496 g/mol. The summed E-state index contributed by atoms with van der Waals surface area (Å²) in [6.07, 6.45) is 1.85. The van der Waals surface area contributed by atoms with Gasteiger partial charge in [0.15, 0.2) is 0 Å². The van der Waals surface area contributed by atoms with Crippen LogP contribution in [0.15, 0.2) is 73.3 Å². The Morgan fingerprint density at radius 2 is 1.71 bits per heavy atom. The van der Waals surface area contributed by atoms with E-state index >= 15 is 0 Å². The first-order valence-electron chi connectivity index (χ1n) is 12.0. The number of rotatable bonds is 9. The van der Waals surface area contributed by atoms with Gasteiger partial charge in [-0.25, -0.2) is 9.59 Å². The molecule has 1 aliphatic rings. The minimum atomic E-state index is -0.546. The normalized spacial score (nSPS) is 17.9. The molecule has 0 saturated carbocycles. The molecule has 1 fully saturated rings. The van der Waals surface area contributed by atoms with Crippen molar-refractivity contribution in [2.24, 2.45) is 0 Å². The third-order valence-electron chi connectivity index (χ3n) is 5.72. The Balaban J connectivity index is 1.66. The van der Waals surface area contributed by atoms with Crippen molar-refractivity contribution in [2.45, 2.75) is 50.0 Å². The maximum absolute atomic E-state index is 12.7. The Kier molecular flexibility index (Phi) is 9.81. The molecule has 7 heteroatoms. The fourth-order valence-corrected chi connectivity index (χ4v) is 5.32. The highest BCUT2D eigenvalue weighted by atomic mass is 32.2. The summed E-state index contributed by atoms with van der Waals surface area (Å²) in [5.74, 6) is 0.187. The largest absolute Gasteiger partial charge is 0.452 e. The highest BCUT2D eigenvalue weighted by Crippen LogP contribution is 2.31. The van der Waals surface area contributed by atoms with Crippen LogP contribution in [0.3, 0.4) is 0 Å². The molecule has 0 aliphatic carbocycles. The number of carbonyl (C=O) groups excluding carboxylic acids is 2. The first-order chi connectivity index (χ1) is 16.8. The Labute approximate surface area is 213 Å². The van der Waals surface area contributed by atoms with Gasteiger partial charge in [-0.05, 0) is 50.1 Å². The second-order valence-corrected chi connectivity index (χ2v) is 10.9. The minimum absolute atomic E-state index is 0.0491. The Morgan fingerprint density at radius 1 is 1.11 bits per heavy atom. The quantitative estimate of drug-likeness (QED) is 0.347. The maximum Gasteiger partial charge on any atom is 0.410 e. The molecule has 1 saturated heterocycles. The highest BCUT2D eigenvalue weighted by molar-refractivity contribution is 8.13. The maximum atomic E-state index is 12.7. The summed E-state index contributed by atoms with van der Waals surface area (Å²) in [5.41, 5.74) is 1.92. The molecular weight excluding hydrogens is 460 g/mol. The zero-order valence-electron chi connectivity index (χ0n) is 20.8. The summed E-state index contributed by atoms with van der Waals surface area (Å²) >= 11 is 1.16. The molecule has 0 radical (unpaired) electrons. The first-order valence-corrected chi connectivity index (χ1v) is 12.9. The van der Waals surface area contributed by atoms with Crippen LogP contribution in [-0.2, 0) is 9.47 Å². The van der Waals surface area contributed by atoms with Gasteiger partial charge in [-0.2, -0.15) is 0 Å². The van der Waals surface area contributed by atoms with Crippen LogP contribution >= 0.6 is 11.8 Å². The Bertz CT molecular complexity index is 922. The van der Waals surface area contributed by atoms with Gasteiger partial charge in [0, 0.05) is 36.8 Å². The molecule has 1 aliphatic heterocycles. The molecule has 2 aromatic rings. The van der Waals surface area contributed by atoms with E-state index in [1.165, 1.54) is 11.1 Å². The van der Waals surface area contributed by atoms with Gasteiger partial charge in [-0.1, -0.05) is 73.3 Å². The van der Waals surface area contributed by atoms with Gasteiger partial charge in [-0.15, -0.1) is 0 Å². The van der Waals surface area contributed by atoms with E-state index in [9.17, 15) is 9.59 Å². The van der Waals surface area contributed by atoms with Gasteiger partial charge >= 0.3 is 11.4 Å². The number of thioether (sulfide) groups is 1. The highest BCUT2D eigenvalue weighted by Gasteiger charge is 2.38. The molecule has 1 N–H and O–H groups in total. The van der Waals surface area contributed by atoms with Crippen LogP contribution in [0.1, 0.15) is 44.2 Å². The van der Waals surface area contributed by atoms with Gasteiger partial charge in [-0.3, -0.25) is 0 Å². The van der Waals surface area contributed by atoms with E-state index in [1.807, 2.05) is 32.9 Å². The van der Waals surface area contributed by atoms with Crippen molar-refractivity contribution < 1.29 is 19.1 Å². The summed E-state index contributed by atoms with van der Waals surface area (Å²) in [7, 11) is 0. The fourth-order valence-electron chi connectivity index (χ4n) is 4.19. The predicted molar refractivity (Wildman–Crippen MR) is 142 cm³/mol. The van der Waals surface area contributed by atoms with Gasteiger partial charge < -0.3 is 19.7 Å². The second kappa shape index (κ2) is 12.8. The lowest BCUT2D eigenvalue weighted by Gasteiger charge is -2.25. The van der Waals surface area contributed by atoms with Crippen LogP contribution in [0.25, 0.3) is 0 Å². The standard InChI is InChI=1S/C28H36N2O4S/c1-5-16-33-26(31)30-20-24(35-27(32)34-28(2,3)4)17-23(30)18-29-19-25(21-12-8-6-9-13-21)22-14-10-7-11-15-22/h5-15,23-25,29H,1,16-20H2,2-4H3. The van der Waals surface area contributed by atoms with Crippen molar-refractivity contribution >= 4 is 23.2 Å². The topological polar surface area (TPSA) is 67.9 Å². The van der Waals surface area contributed by atoms with Gasteiger partial charge in [0.2, 0.25) is 0 Å². The molecule has 2 unspecified atom stereocenters. The van der Waals surface area contributed by atoms with Crippen LogP contribution < -0.4 is 5.32 Å². The Morgan fingerprint density at radius 3 is 2.26 bits per heavy atom. The van der Waals surface area contributed by atoms with E-state index in [2.05, 4.69) is 60.4 Å². The van der Waals surface area contributed by atoms with E-state index in [4.69, 9.17) is 9.47 Å². The lowest BCUT2D eigenvalue weighted by atomic mass is 9.91. The summed E-state index contributed by atoms with van der Waals surface area (Å²) < 4.78 is 10.8. The number of nitrogens with one attached hydrogen (secondary N) is 1. The lowest BCUT2D eigenvalue weighted by Crippen LogP contribution is -2.42. The molecular formula is C28H36N2O4S. The van der Waals surface area contributed by atoms with Crippen LogP contribution in [0.2, 0.25) is 0 Å². The number of ether oxygens (including phenoxy) is 2. The molecule has 0 aromatic heterocycles. The summed E-state index contributed by atoms with van der Waals surface area (Å²) in [4.78, 5) is 26.8. The summed E-state index contributed by atoms with van der Waals surface area (Å²) in [6.45, 7) is 11.1. The fraction of sp³-hybridized carbons (Fsp3) is 0.429. The van der Waals surface area contributed by atoms with Gasteiger partial charge in [0.1, 0.15) is 12.2 Å². The van der Waals surface area contributed by atoms with E-state index in [-0.39, 0.29) is 35.2 Å². The molecule has 188 valence electrons. The first kappa shape index (κ1) is 26.8. The number of hydrogen-bond donors (Lipinski definition) is 1. The number of benzene rings is 2. The zero-order chi connectivity index (χ0) is 25.3. The van der Waals surface area contributed by atoms with Crippen molar-refractivity contribution in [2.75, 3.05) is 26.2 Å². The third kappa shape index (κ3) is 8.44. The summed E-state index contributed by atoms with van der Waals surface area (Å²) in [5, 5.41) is 3.22. The average molecular weight is 497 g/mol. The average Bonchev–Trinajstić information content (AvgIpc) is 3.22. The predicted octanol–water partition coefficient (Wildman–Crippen LogP) is 5.84. The number of hydrogen-bond acceptors (Lipinski definition) is 6. The molecule has 0 bridgehead atoms. The SMILES string of the molecule is C=CCOC(=O)N1CC(SC(=O)OC(C)(C)C)CC1CNCC(c1ccccc1)c1ccccc1. The van der Waals surface area contributed by atoms with Crippen molar-refractivity contribution in [3.63, 3.8) is 0 Å². The van der Waals surface area contributed by atoms with E-state index < -0.39 is 5.60 Å². The van der Waals surface area contributed by atoms with Crippen molar-refractivity contribution in [1.29, 1.82) is 0 Å². The van der Waals surface area contributed by atoms with E-state index in [0.717, 1.165) is 18.3 Å². The van der Waals surface area contributed by atoms with Crippen LogP contribution in [-0.4, -0.2) is 59.4 Å². The van der Waals surface area contributed by atoms with E-state index in [1.54, 1.807) is 11.0 Å². The lowest BCUT2D eigenvalue weighted by molar-refractivity contribution is 0.0736.